The van der Waals surface area contributed by atoms with Crippen molar-refractivity contribution in [1.82, 2.24) is 19.8 Å². The molecule has 0 aliphatic carbocycles. The van der Waals surface area contributed by atoms with Gasteiger partial charge >= 0.3 is 12.0 Å². The normalized spacial score (nSPS) is 17.5. The van der Waals surface area contributed by atoms with Crippen molar-refractivity contribution in [3.05, 3.63) is 18.2 Å². The van der Waals surface area contributed by atoms with Crippen LogP contribution in [-0.4, -0.2) is 44.1 Å². The molecule has 0 aromatic carbocycles. The molecule has 1 aliphatic heterocycles. The Bertz CT molecular complexity index is 485. The quantitative estimate of drug-likeness (QED) is 0.834. The number of amides is 2. The third-order valence-corrected chi connectivity index (χ3v) is 3.52. The molecule has 2 amide bonds. The first-order valence-corrected chi connectivity index (χ1v) is 6.27. The summed E-state index contributed by atoms with van der Waals surface area (Å²) in [5, 5.41) is 11.6. The summed E-state index contributed by atoms with van der Waals surface area (Å²) in [6, 6.07) is -0.651. The molecule has 0 fully saturated rings. The van der Waals surface area contributed by atoms with Gasteiger partial charge in [0.05, 0.1) is 12.5 Å². The molecule has 0 bridgehead atoms. The van der Waals surface area contributed by atoms with Gasteiger partial charge in [0.2, 0.25) is 0 Å². The fourth-order valence-electron chi connectivity index (χ4n) is 1.97. The van der Waals surface area contributed by atoms with E-state index in [0.717, 1.165) is 5.82 Å². The van der Waals surface area contributed by atoms with Gasteiger partial charge in [0.15, 0.2) is 0 Å². The Morgan fingerprint density at radius 1 is 1.42 bits per heavy atom. The van der Waals surface area contributed by atoms with Gasteiger partial charge in [-0.25, -0.2) is 9.78 Å². The zero-order valence-electron chi connectivity index (χ0n) is 11.0. The maximum atomic E-state index is 12.1. The van der Waals surface area contributed by atoms with Crippen molar-refractivity contribution >= 4 is 12.0 Å². The summed E-state index contributed by atoms with van der Waals surface area (Å²) >= 11 is 0. The number of carbonyl (C=O) groups is 2. The number of nitrogens with zero attached hydrogens (tertiary/aromatic N) is 3. The molecule has 7 nitrogen and oxygen atoms in total. The number of imidazole rings is 1. The SMILES string of the molecule is CC(NC(=O)N1CCn2ccnc2C1)C(C)C(=O)O. The molecule has 0 spiro atoms. The molecule has 2 N–H and O–H groups in total. The molecular formula is C12H18N4O3. The Balaban J connectivity index is 1.93. The largest absolute Gasteiger partial charge is 0.481 e. The van der Waals surface area contributed by atoms with Crippen molar-refractivity contribution in [3.63, 3.8) is 0 Å². The first-order valence-electron chi connectivity index (χ1n) is 6.27. The van der Waals surface area contributed by atoms with Gasteiger partial charge in [0.1, 0.15) is 5.82 Å². The fraction of sp³-hybridized carbons (Fsp3) is 0.583. The summed E-state index contributed by atoms with van der Waals surface area (Å²) in [6.45, 7) is 5.04. The Morgan fingerprint density at radius 3 is 2.84 bits per heavy atom. The summed E-state index contributed by atoms with van der Waals surface area (Å²) in [4.78, 5) is 28.7. The van der Waals surface area contributed by atoms with E-state index in [1.54, 1.807) is 24.9 Å². The highest BCUT2D eigenvalue weighted by atomic mass is 16.4. The Morgan fingerprint density at radius 2 is 2.16 bits per heavy atom. The number of rotatable bonds is 3. The number of fused-ring (bicyclic) bond motifs is 1. The van der Waals surface area contributed by atoms with Gasteiger partial charge in [-0.1, -0.05) is 0 Å². The van der Waals surface area contributed by atoms with E-state index in [9.17, 15) is 9.59 Å². The second-order valence-corrected chi connectivity index (χ2v) is 4.82. The number of aliphatic carboxylic acids is 1. The number of aromatic nitrogens is 2. The van der Waals surface area contributed by atoms with Gasteiger partial charge < -0.3 is 19.9 Å². The molecule has 1 aliphatic rings. The zero-order valence-corrected chi connectivity index (χ0v) is 11.0. The average Bonchev–Trinajstić information content (AvgIpc) is 2.84. The highest BCUT2D eigenvalue weighted by molar-refractivity contribution is 5.76. The third-order valence-electron chi connectivity index (χ3n) is 3.52. The van der Waals surface area contributed by atoms with Crippen LogP contribution in [0.5, 0.6) is 0 Å². The summed E-state index contributed by atoms with van der Waals surface area (Å²) in [7, 11) is 0. The fourth-order valence-corrected chi connectivity index (χ4v) is 1.97. The van der Waals surface area contributed by atoms with Crippen molar-refractivity contribution in [2.75, 3.05) is 6.54 Å². The van der Waals surface area contributed by atoms with E-state index in [2.05, 4.69) is 10.3 Å². The summed E-state index contributed by atoms with van der Waals surface area (Å²) < 4.78 is 2.01. The standard InChI is InChI=1S/C12H18N4O3/c1-8(11(17)18)9(2)14-12(19)16-6-5-15-4-3-13-10(15)7-16/h3-4,8-9H,5-7H2,1-2H3,(H,14,19)(H,17,18). The van der Waals surface area contributed by atoms with Gasteiger partial charge in [-0.05, 0) is 13.8 Å². The molecule has 0 saturated carbocycles. The van der Waals surface area contributed by atoms with Crippen LogP contribution in [0.3, 0.4) is 0 Å². The predicted molar refractivity (Wildman–Crippen MR) is 67.4 cm³/mol. The highest BCUT2D eigenvalue weighted by Gasteiger charge is 2.25. The third kappa shape index (κ3) is 2.86. The minimum Gasteiger partial charge on any atom is -0.481 e. The number of urea groups is 1. The summed E-state index contributed by atoms with van der Waals surface area (Å²) in [5.74, 6) is -0.682. The molecule has 0 radical (unpaired) electrons. The lowest BCUT2D eigenvalue weighted by Gasteiger charge is -2.29. The van der Waals surface area contributed by atoms with Crippen molar-refractivity contribution in [3.8, 4) is 0 Å². The van der Waals surface area contributed by atoms with Crippen LogP contribution in [0, 0.1) is 5.92 Å². The number of carbonyl (C=O) groups excluding carboxylic acids is 1. The van der Waals surface area contributed by atoms with Gasteiger partial charge in [-0.3, -0.25) is 4.79 Å². The van der Waals surface area contributed by atoms with Crippen molar-refractivity contribution in [1.29, 1.82) is 0 Å². The van der Waals surface area contributed by atoms with Crippen LogP contribution in [-0.2, 0) is 17.9 Å². The number of carboxylic acids is 1. The molecule has 104 valence electrons. The second kappa shape index (κ2) is 5.29. The van der Waals surface area contributed by atoms with E-state index in [0.29, 0.717) is 19.6 Å². The summed E-state index contributed by atoms with van der Waals surface area (Å²) in [5.41, 5.74) is 0. The van der Waals surface area contributed by atoms with E-state index >= 15 is 0 Å². The number of hydrogen-bond donors (Lipinski definition) is 2. The first-order chi connectivity index (χ1) is 8.99. The van der Waals surface area contributed by atoms with Gasteiger partial charge in [0, 0.05) is 31.5 Å². The Kier molecular flexibility index (Phi) is 3.73. The van der Waals surface area contributed by atoms with Crippen LogP contribution in [0.25, 0.3) is 0 Å². The van der Waals surface area contributed by atoms with Gasteiger partial charge in [-0.2, -0.15) is 0 Å². The van der Waals surface area contributed by atoms with Gasteiger partial charge in [-0.15, -0.1) is 0 Å². The van der Waals surface area contributed by atoms with E-state index in [4.69, 9.17) is 5.11 Å². The van der Waals surface area contributed by atoms with E-state index in [1.807, 2.05) is 10.8 Å². The number of carboxylic acid groups (broad SMARTS) is 1. The monoisotopic (exact) mass is 266 g/mol. The van der Waals surface area contributed by atoms with E-state index in [1.165, 1.54) is 0 Å². The molecule has 2 rings (SSSR count). The molecular weight excluding hydrogens is 248 g/mol. The Hall–Kier alpha value is -2.05. The number of nitrogens with one attached hydrogen (secondary N) is 1. The molecule has 2 atom stereocenters. The van der Waals surface area contributed by atoms with Crippen LogP contribution in [0.4, 0.5) is 4.79 Å². The topological polar surface area (TPSA) is 87.5 Å². The highest BCUT2D eigenvalue weighted by Crippen LogP contribution is 2.11. The maximum absolute atomic E-state index is 12.1. The molecule has 0 saturated heterocycles. The molecule has 1 aromatic rings. The van der Waals surface area contributed by atoms with Gasteiger partial charge in [0.25, 0.3) is 0 Å². The van der Waals surface area contributed by atoms with Crippen LogP contribution in [0.1, 0.15) is 19.7 Å². The second-order valence-electron chi connectivity index (χ2n) is 4.82. The van der Waals surface area contributed by atoms with Crippen LogP contribution in [0.15, 0.2) is 12.4 Å². The molecule has 19 heavy (non-hydrogen) atoms. The van der Waals surface area contributed by atoms with Crippen LogP contribution in [0.2, 0.25) is 0 Å². The minimum absolute atomic E-state index is 0.241. The minimum atomic E-state index is -0.915. The summed E-state index contributed by atoms with van der Waals surface area (Å²) in [6.07, 6.45) is 3.60. The average molecular weight is 266 g/mol. The molecule has 7 heteroatoms. The molecule has 1 aromatic heterocycles. The van der Waals surface area contributed by atoms with E-state index in [-0.39, 0.29) is 6.03 Å². The maximum Gasteiger partial charge on any atom is 0.318 e. The van der Waals surface area contributed by atoms with Crippen molar-refractivity contribution in [2.45, 2.75) is 33.0 Å². The smallest absolute Gasteiger partial charge is 0.318 e. The van der Waals surface area contributed by atoms with Crippen LogP contribution >= 0.6 is 0 Å². The van der Waals surface area contributed by atoms with Crippen molar-refractivity contribution < 1.29 is 14.7 Å². The lowest BCUT2D eigenvalue weighted by molar-refractivity contribution is -0.141. The lowest BCUT2D eigenvalue weighted by atomic mass is 10.0. The van der Waals surface area contributed by atoms with Crippen LogP contribution < -0.4 is 5.32 Å². The Labute approximate surface area is 111 Å². The number of hydrogen-bond acceptors (Lipinski definition) is 3. The van der Waals surface area contributed by atoms with E-state index < -0.39 is 17.9 Å². The predicted octanol–water partition coefficient (Wildman–Crippen LogP) is 0.517. The molecule has 2 unspecified atom stereocenters. The molecule has 2 heterocycles. The first kappa shape index (κ1) is 13.4. The zero-order chi connectivity index (χ0) is 14.0. The van der Waals surface area contributed by atoms with Crippen molar-refractivity contribution in [2.24, 2.45) is 5.92 Å². The lowest BCUT2D eigenvalue weighted by Crippen LogP contribution is -2.49.